The predicted molar refractivity (Wildman–Crippen MR) is 67.7 cm³/mol. The van der Waals surface area contributed by atoms with Gasteiger partial charge in [0.25, 0.3) is 0 Å². The molecule has 6 heteroatoms. The molecule has 19 heavy (non-hydrogen) atoms. The lowest BCUT2D eigenvalue weighted by Crippen LogP contribution is -2.32. The number of imidazole rings is 1. The standard InChI is InChI=1S/C13H16F3N3/c1-12(2,17)6-5-11-18-9-4-3-8(13(14,15)16)7-10(9)19-11/h3-4,7H,5-6,17H2,1-2H3,(H,18,19). The smallest absolute Gasteiger partial charge is 0.342 e. The molecule has 3 nitrogen and oxygen atoms in total. The van der Waals surface area contributed by atoms with Gasteiger partial charge in [0.15, 0.2) is 0 Å². The van der Waals surface area contributed by atoms with Gasteiger partial charge >= 0.3 is 6.18 Å². The Morgan fingerprint density at radius 2 is 1.95 bits per heavy atom. The SMILES string of the molecule is CC(C)(N)CCc1nc2ccc(C(F)(F)F)cc2[nH]1. The number of aromatic amines is 1. The van der Waals surface area contributed by atoms with E-state index in [-0.39, 0.29) is 5.54 Å². The van der Waals surface area contributed by atoms with Crippen LogP contribution in [0.3, 0.4) is 0 Å². The summed E-state index contributed by atoms with van der Waals surface area (Å²) < 4.78 is 37.7. The van der Waals surface area contributed by atoms with Gasteiger partial charge in [0.1, 0.15) is 5.82 Å². The average Bonchev–Trinajstić information content (AvgIpc) is 2.65. The van der Waals surface area contributed by atoms with Crippen molar-refractivity contribution in [1.82, 2.24) is 9.97 Å². The Bertz CT molecular complexity index is 579. The number of hydrogen-bond donors (Lipinski definition) is 2. The number of nitrogens with zero attached hydrogens (tertiary/aromatic N) is 1. The topological polar surface area (TPSA) is 54.7 Å². The van der Waals surface area contributed by atoms with Crippen molar-refractivity contribution in [3.63, 3.8) is 0 Å². The predicted octanol–water partition coefficient (Wildman–Crippen LogP) is 3.25. The molecule has 0 aliphatic rings. The molecule has 2 aromatic rings. The van der Waals surface area contributed by atoms with Crippen LogP contribution in [0.1, 0.15) is 31.7 Å². The lowest BCUT2D eigenvalue weighted by molar-refractivity contribution is -0.137. The first kappa shape index (κ1) is 13.9. The zero-order chi connectivity index (χ0) is 14.3. The molecule has 0 atom stereocenters. The number of nitrogens with one attached hydrogen (secondary N) is 1. The average molecular weight is 271 g/mol. The third-order valence-corrected chi connectivity index (χ3v) is 2.86. The maximum absolute atomic E-state index is 12.6. The van der Waals surface area contributed by atoms with Gasteiger partial charge in [-0.1, -0.05) is 0 Å². The molecule has 0 fully saturated rings. The maximum Gasteiger partial charge on any atom is 0.416 e. The Morgan fingerprint density at radius 1 is 1.26 bits per heavy atom. The van der Waals surface area contributed by atoms with Gasteiger partial charge in [-0.15, -0.1) is 0 Å². The second kappa shape index (κ2) is 4.52. The molecule has 0 aliphatic heterocycles. The molecular formula is C13H16F3N3. The van der Waals surface area contributed by atoms with Crippen molar-refractivity contribution in [3.05, 3.63) is 29.6 Å². The van der Waals surface area contributed by atoms with Gasteiger partial charge in [-0.05, 0) is 38.5 Å². The number of aromatic nitrogens is 2. The molecule has 0 saturated carbocycles. The zero-order valence-electron chi connectivity index (χ0n) is 10.8. The fourth-order valence-corrected chi connectivity index (χ4v) is 1.80. The van der Waals surface area contributed by atoms with Gasteiger partial charge in [0.2, 0.25) is 0 Å². The molecular weight excluding hydrogens is 255 g/mol. The Balaban J connectivity index is 2.26. The summed E-state index contributed by atoms with van der Waals surface area (Å²) in [6.07, 6.45) is -3.02. The van der Waals surface area contributed by atoms with Crippen LogP contribution in [0.5, 0.6) is 0 Å². The largest absolute Gasteiger partial charge is 0.416 e. The van der Waals surface area contributed by atoms with E-state index in [1.165, 1.54) is 6.07 Å². The summed E-state index contributed by atoms with van der Waals surface area (Å²) in [7, 11) is 0. The molecule has 1 heterocycles. The maximum atomic E-state index is 12.6. The van der Waals surface area contributed by atoms with Gasteiger partial charge in [-0.25, -0.2) is 4.98 Å². The molecule has 1 aromatic heterocycles. The summed E-state index contributed by atoms with van der Waals surface area (Å²) in [5, 5.41) is 0. The minimum atomic E-state index is -4.33. The molecule has 0 amide bonds. The van der Waals surface area contributed by atoms with Crippen molar-refractivity contribution in [2.24, 2.45) is 5.73 Å². The molecule has 0 spiro atoms. The Hall–Kier alpha value is -1.56. The highest BCUT2D eigenvalue weighted by Crippen LogP contribution is 2.30. The van der Waals surface area contributed by atoms with Gasteiger partial charge < -0.3 is 10.7 Å². The Labute approximate surface area is 109 Å². The van der Waals surface area contributed by atoms with E-state index in [2.05, 4.69) is 9.97 Å². The Morgan fingerprint density at radius 3 is 2.53 bits per heavy atom. The van der Waals surface area contributed by atoms with Crippen LogP contribution in [-0.4, -0.2) is 15.5 Å². The van der Waals surface area contributed by atoms with Crippen LogP contribution >= 0.6 is 0 Å². The van der Waals surface area contributed by atoms with Crippen LogP contribution in [-0.2, 0) is 12.6 Å². The highest BCUT2D eigenvalue weighted by molar-refractivity contribution is 5.76. The van der Waals surface area contributed by atoms with Crippen LogP contribution in [0.4, 0.5) is 13.2 Å². The first-order chi connectivity index (χ1) is 8.65. The number of rotatable bonds is 3. The minimum Gasteiger partial charge on any atom is -0.342 e. The quantitative estimate of drug-likeness (QED) is 0.900. The number of nitrogens with two attached hydrogens (primary N) is 1. The van der Waals surface area contributed by atoms with Crippen molar-refractivity contribution in [3.8, 4) is 0 Å². The normalized spacial score (nSPS) is 13.2. The lowest BCUT2D eigenvalue weighted by Gasteiger charge is -2.16. The summed E-state index contributed by atoms with van der Waals surface area (Å²) in [4.78, 5) is 7.17. The number of halogens is 3. The monoisotopic (exact) mass is 271 g/mol. The molecule has 0 bridgehead atoms. The second-order valence-corrected chi connectivity index (χ2v) is 5.40. The molecule has 1 aromatic carbocycles. The first-order valence-electron chi connectivity index (χ1n) is 6.00. The fraction of sp³-hybridized carbons (Fsp3) is 0.462. The minimum absolute atomic E-state index is 0.323. The van der Waals surface area contributed by atoms with E-state index in [1.54, 1.807) is 0 Å². The van der Waals surface area contributed by atoms with E-state index in [0.29, 0.717) is 29.7 Å². The van der Waals surface area contributed by atoms with Crippen LogP contribution in [0, 0.1) is 0 Å². The van der Waals surface area contributed by atoms with Gasteiger partial charge in [0.05, 0.1) is 16.6 Å². The van der Waals surface area contributed by atoms with E-state index in [4.69, 9.17) is 5.73 Å². The van der Waals surface area contributed by atoms with Crippen LogP contribution in [0.25, 0.3) is 11.0 Å². The van der Waals surface area contributed by atoms with E-state index in [0.717, 1.165) is 12.1 Å². The second-order valence-electron chi connectivity index (χ2n) is 5.40. The Kier molecular flexibility index (Phi) is 3.30. The molecule has 0 aliphatic carbocycles. The highest BCUT2D eigenvalue weighted by Gasteiger charge is 2.30. The van der Waals surface area contributed by atoms with E-state index in [9.17, 15) is 13.2 Å². The molecule has 0 unspecified atom stereocenters. The number of aryl methyl sites for hydroxylation is 1. The van der Waals surface area contributed by atoms with Crippen LogP contribution < -0.4 is 5.73 Å². The first-order valence-corrected chi connectivity index (χ1v) is 6.00. The van der Waals surface area contributed by atoms with Crippen molar-refractivity contribution in [1.29, 1.82) is 0 Å². The summed E-state index contributed by atoms with van der Waals surface area (Å²) in [6, 6.07) is 3.50. The van der Waals surface area contributed by atoms with Crippen LogP contribution in [0.15, 0.2) is 18.2 Å². The fourth-order valence-electron chi connectivity index (χ4n) is 1.80. The van der Waals surface area contributed by atoms with Gasteiger partial charge in [0, 0.05) is 12.0 Å². The number of H-pyrrole nitrogens is 1. The number of benzene rings is 1. The van der Waals surface area contributed by atoms with Crippen molar-refractivity contribution < 1.29 is 13.2 Å². The zero-order valence-corrected chi connectivity index (χ0v) is 10.8. The summed E-state index contributed by atoms with van der Waals surface area (Å²) >= 11 is 0. The molecule has 2 rings (SSSR count). The molecule has 104 valence electrons. The molecule has 0 radical (unpaired) electrons. The van der Waals surface area contributed by atoms with E-state index >= 15 is 0 Å². The summed E-state index contributed by atoms with van der Waals surface area (Å²) in [5.74, 6) is 0.660. The van der Waals surface area contributed by atoms with Crippen molar-refractivity contribution in [2.75, 3.05) is 0 Å². The van der Waals surface area contributed by atoms with Crippen molar-refractivity contribution >= 4 is 11.0 Å². The highest BCUT2D eigenvalue weighted by atomic mass is 19.4. The van der Waals surface area contributed by atoms with Gasteiger partial charge in [-0.2, -0.15) is 13.2 Å². The van der Waals surface area contributed by atoms with Crippen molar-refractivity contribution in [2.45, 2.75) is 38.4 Å². The molecule has 0 saturated heterocycles. The number of hydrogen-bond acceptors (Lipinski definition) is 2. The van der Waals surface area contributed by atoms with Gasteiger partial charge in [-0.3, -0.25) is 0 Å². The third kappa shape index (κ3) is 3.47. The van der Waals surface area contributed by atoms with Crippen LogP contribution in [0.2, 0.25) is 0 Å². The lowest BCUT2D eigenvalue weighted by atomic mass is 10.0. The van der Waals surface area contributed by atoms with E-state index in [1.807, 2.05) is 13.8 Å². The summed E-state index contributed by atoms with van der Waals surface area (Å²) in [6.45, 7) is 3.80. The third-order valence-electron chi connectivity index (χ3n) is 2.86. The molecule has 3 N–H and O–H groups in total. The van der Waals surface area contributed by atoms with E-state index < -0.39 is 11.7 Å². The number of fused-ring (bicyclic) bond motifs is 1. The summed E-state index contributed by atoms with van der Waals surface area (Å²) in [5.41, 5.74) is 5.82. The number of alkyl halides is 3.